The summed E-state index contributed by atoms with van der Waals surface area (Å²) in [5, 5.41) is 6.49. The molecule has 2 aromatic rings. The van der Waals surface area contributed by atoms with Gasteiger partial charge in [-0.2, -0.15) is 5.10 Å². The van der Waals surface area contributed by atoms with Gasteiger partial charge in [-0.15, -0.1) is 0 Å². The van der Waals surface area contributed by atoms with Crippen molar-refractivity contribution < 1.29 is 14.3 Å². The Bertz CT molecular complexity index is 904. The third-order valence-electron chi connectivity index (χ3n) is 4.43. The normalized spacial score (nSPS) is 15.2. The van der Waals surface area contributed by atoms with Crippen molar-refractivity contribution in [3.05, 3.63) is 38.4 Å². The number of carbonyl (C=O) groups excluding carboxylic acids is 1. The molecule has 0 aliphatic carbocycles. The molecule has 0 bridgehead atoms. The van der Waals surface area contributed by atoms with Gasteiger partial charge < -0.3 is 19.3 Å². The highest BCUT2D eigenvalue weighted by Gasteiger charge is 2.22. The molecule has 3 heterocycles. The summed E-state index contributed by atoms with van der Waals surface area (Å²) < 4.78 is 11.5. The maximum Gasteiger partial charge on any atom is 0.282 e. The van der Waals surface area contributed by atoms with Crippen LogP contribution in [0.5, 0.6) is 5.75 Å². The van der Waals surface area contributed by atoms with Gasteiger partial charge in [-0.25, -0.2) is 15.1 Å². The van der Waals surface area contributed by atoms with E-state index in [4.69, 9.17) is 21.1 Å². The lowest BCUT2D eigenvalue weighted by Gasteiger charge is -2.34. The molecule has 1 aliphatic heterocycles. The molecule has 1 saturated heterocycles. The summed E-state index contributed by atoms with van der Waals surface area (Å²) in [6.45, 7) is 4.93. The van der Waals surface area contributed by atoms with E-state index in [2.05, 4.69) is 36.1 Å². The van der Waals surface area contributed by atoms with Crippen molar-refractivity contribution in [2.45, 2.75) is 19.4 Å². The van der Waals surface area contributed by atoms with Crippen molar-refractivity contribution in [3.63, 3.8) is 0 Å². The smallest absolute Gasteiger partial charge is 0.282 e. The van der Waals surface area contributed by atoms with E-state index in [9.17, 15) is 9.59 Å². The van der Waals surface area contributed by atoms with Crippen molar-refractivity contribution in [2.24, 2.45) is 0 Å². The number of nitrogens with zero attached hydrogens (tertiary/aromatic N) is 5. The number of hydrogen-bond donors (Lipinski definition) is 1. The predicted octanol–water partition coefficient (Wildman–Crippen LogP) is 1.50. The van der Waals surface area contributed by atoms with Crippen LogP contribution in [0, 0.1) is 0 Å². The number of H-pyrrole nitrogens is 1. The van der Waals surface area contributed by atoms with Crippen LogP contribution in [0.3, 0.4) is 0 Å². The second kappa shape index (κ2) is 10.7. The Labute approximate surface area is 186 Å². The molecule has 1 unspecified atom stereocenters. The highest BCUT2D eigenvalue weighted by atomic mass is 79.9. The molecule has 10 nitrogen and oxygen atoms in total. The summed E-state index contributed by atoms with van der Waals surface area (Å²) in [7, 11) is 0. The lowest BCUT2D eigenvalue weighted by atomic mass is 10.3. The Morgan fingerprint density at radius 2 is 1.97 bits per heavy atom. The minimum atomic E-state index is -0.367. The van der Waals surface area contributed by atoms with Gasteiger partial charge >= 0.3 is 0 Å². The first kappa shape index (κ1) is 22.4. The predicted molar refractivity (Wildman–Crippen MR) is 114 cm³/mol. The second-order valence-electron chi connectivity index (χ2n) is 6.70. The Morgan fingerprint density at radius 1 is 1.27 bits per heavy atom. The van der Waals surface area contributed by atoms with E-state index < -0.39 is 0 Å². The van der Waals surface area contributed by atoms with E-state index in [0.717, 1.165) is 0 Å². The first-order valence-electron chi connectivity index (χ1n) is 9.42. The van der Waals surface area contributed by atoms with Crippen LogP contribution in [0.2, 0.25) is 5.02 Å². The van der Waals surface area contributed by atoms with E-state index >= 15 is 0 Å². The van der Waals surface area contributed by atoms with E-state index in [0.29, 0.717) is 55.9 Å². The molecule has 3 rings (SSSR count). The van der Waals surface area contributed by atoms with Crippen LogP contribution < -0.4 is 15.2 Å². The van der Waals surface area contributed by atoms with Crippen LogP contribution >= 0.6 is 27.5 Å². The molecule has 162 valence electrons. The molecule has 1 atom stereocenters. The topological polar surface area (TPSA) is 114 Å². The molecule has 1 N–H and O–H groups in total. The van der Waals surface area contributed by atoms with Crippen LogP contribution in [0.15, 0.2) is 27.9 Å². The molecule has 0 radical (unpaired) electrons. The molecule has 0 saturated carbocycles. The summed E-state index contributed by atoms with van der Waals surface area (Å²) in [5.41, 5.74) is -0.367. The van der Waals surface area contributed by atoms with Gasteiger partial charge in [-0.3, -0.25) is 9.59 Å². The number of aromatic nitrogens is 4. The molecule has 0 spiro atoms. The first-order chi connectivity index (χ1) is 14.4. The van der Waals surface area contributed by atoms with E-state index in [1.807, 2.05) is 16.7 Å². The lowest BCUT2D eigenvalue weighted by molar-refractivity contribution is -0.132. The van der Waals surface area contributed by atoms with Gasteiger partial charge in [0.15, 0.2) is 5.75 Å². The molecule has 0 aromatic carbocycles. The maximum absolute atomic E-state index is 12.4. The van der Waals surface area contributed by atoms with Gasteiger partial charge in [-0.1, -0.05) is 11.6 Å². The standard InChI is InChI=1S/C18H22BrClN6O4/c1-12(30-14-10-23-24-17(28)16(14)19)11-29-7-2-15(27)25-3-5-26(6-4-25)18-21-8-13(20)9-22-18/h8-10,12H,2-7,11H2,1H3,(H,24,28). The summed E-state index contributed by atoms with van der Waals surface area (Å²) >= 11 is 8.97. The fourth-order valence-electron chi connectivity index (χ4n) is 2.89. The Kier molecular flexibility index (Phi) is 8.00. The SMILES string of the molecule is CC(COCCC(=O)N1CCN(c2ncc(Cl)cn2)CC1)Oc1cn[nH]c(=O)c1Br. The Hall–Kier alpha value is -2.24. The van der Waals surface area contributed by atoms with Crippen molar-refractivity contribution in [1.82, 2.24) is 25.1 Å². The Morgan fingerprint density at radius 3 is 2.67 bits per heavy atom. The van der Waals surface area contributed by atoms with Crippen LogP contribution in [0.4, 0.5) is 5.95 Å². The summed E-state index contributed by atoms with van der Waals surface area (Å²) in [5.74, 6) is 1.00. The fraction of sp³-hybridized carbons (Fsp3) is 0.500. The number of hydrogen-bond acceptors (Lipinski definition) is 8. The molecular formula is C18H22BrClN6O4. The van der Waals surface area contributed by atoms with E-state index in [-0.39, 0.29) is 28.7 Å². The lowest BCUT2D eigenvalue weighted by Crippen LogP contribution is -2.49. The van der Waals surface area contributed by atoms with Gasteiger partial charge in [-0.05, 0) is 22.9 Å². The number of nitrogens with one attached hydrogen (secondary N) is 1. The van der Waals surface area contributed by atoms with Gasteiger partial charge in [0.25, 0.3) is 5.56 Å². The van der Waals surface area contributed by atoms with Gasteiger partial charge in [0.2, 0.25) is 11.9 Å². The summed E-state index contributed by atoms with van der Waals surface area (Å²) in [6.07, 6.45) is 4.53. The Balaban J connectivity index is 1.34. The van der Waals surface area contributed by atoms with Crippen LogP contribution in [-0.4, -0.2) is 76.5 Å². The molecule has 12 heteroatoms. The van der Waals surface area contributed by atoms with Crippen LogP contribution in [-0.2, 0) is 9.53 Å². The number of carbonyl (C=O) groups is 1. The minimum absolute atomic E-state index is 0.0433. The monoisotopic (exact) mass is 500 g/mol. The zero-order chi connectivity index (χ0) is 21.5. The van der Waals surface area contributed by atoms with Crippen molar-refractivity contribution in [2.75, 3.05) is 44.3 Å². The summed E-state index contributed by atoms with van der Waals surface area (Å²) in [6, 6.07) is 0. The molecule has 1 fully saturated rings. The average Bonchev–Trinajstić information content (AvgIpc) is 2.75. The second-order valence-corrected chi connectivity index (χ2v) is 7.93. The van der Waals surface area contributed by atoms with Crippen molar-refractivity contribution >= 4 is 39.4 Å². The number of anilines is 1. The third-order valence-corrected chi connectivity index (χ3v) is 5.37. The first-order valence-corrected chi connectivity index (χ1v) is 10.6. The highest BCUT2D eigenvalue weighted by molar-refractivity contribution is 9.10. The number of rotatable bonds is 8. The quantitative estimate of drug-likeness (QED) is 0.542. The van der Waals surface area contributed by atoms with Gasteiger partial charge in [0.1, 0.15) is 10.6 Å². The maximum atomic E-state index is 12.4. The number of amides is 1. The van der Waals surface area contributed by atoms with Crippen LogP contribution in [0.25, 0.3) is 0 Å². The molecule has 1 amide bonds. The molecule has 1 aliphatic rings. The van der Waals surface area contributed by atoms with Crippen LogP contribution in [0.1, 0.15) is 13.3 Å². The van der Waals surface area contributed by atoms with Crippen molar-refractivity contribution in [1.29, 1.82) is 0 Å². The number of aromatic amines is 1. The molecule has 30 heavy (non-hydrogen) atoms. The zero-order valence-corrected chi connectivity index (χ0v) is 18.7. The fourth-order valence-corrected chi connectivity index (χ4v) is 3.27. The molecular weight excluding hydrogens is 480 g/mol. The zero-order valence-electron chi connectivity index (χ0n) is 16.4. The number of halogens is 2. The number of ether oxygens (including phenoxy) is 2. The molecule has 2 aromatic heterocycles. The third kappa shape index (κ3) is 6.13. The van der Waals surface area contributed by atoms with Gasteiger partial charge in [0, 0.05) is 26.2 Å². The van der Waals surface area contributed by atoms with E-state index in [1.54, 1.807) is 12.4 Å². The summed E-state index contributed by atoms with van der Waals surface area (Å²) in [4.78, 5) is 36.1. The van der Waals surface area contributed by atoms with Gasteiger partial charge in [0.05, 0.1) is 43.2 Å². The highest BCUT2D eigenvalue weighted by Crippen LogP contribution is 2.19. The largest absolute Gasteiger partial charge is 0.485 e. The van der Waals surface area contributed by atoms with Crippen molar-refractivity contribution in [3.8, 4) is 5.75 Å². The van der Waals surface area contributed by atoms with E-state index in [1.165, 1.54) is 6.20 Å². The number of piperazine rings is 1. The minimum Gasteiger partial charge on any atom is -0.485 e. The average molecular weight is 502 g/mol.